The van der Waals surface area contributed by atoms with E-state index in [1.807, 2.05) is 11.5 Å². The number of aryl methyl sites for hydroxylation is 1. The van der Waals surface area contributed by atoms with Crippen LogP contribution >= 0.6 is 0 Å². The van der Waals surface area contributed by atoms with Gasteiger partial charge >= 0.3 is 0 Å². The topological polar surface area (TPSA) is 56.7 Å². The van der Waals surface area contributed by atoms with E-state index in [4.69, 9.17) is 5.73 Å². The maximum atomic E-state index is 5.77. The van der Waals surface area contributed by atoms with Crippen LogP contribution in [-0.4, -0.2) is 20.8 Å². The molecule has 1 unspecified atom stereocenters. The van der Waals surface area contributed by atoms with Crippen LogP contribution in [0.15, 0.2) is 30.6 Å². The van der Waals surface area contributed by atoms with Gasteiger partial charge in [0.2, 0.25) is 0 Å². The van der Waals surface area contributed by atoms with E-state index in [2.05, 4.69) is 41.4 Å². The van der Waals surface area contributed by atoms with Gasteiger partial charge in [0.15, 0.2) is 0 Å². The van der Waals surface area contributed by atoms with Crippen LogP contribution in [0.3, 0.4) is 0 Å². The molecule has 0 aliphatic rings. The fourth-order valence-electron chi connectivity index (χ4n) is 1.61. The van der Waals surface area contributed by atoms with Gasteiger partial charge in [-0.3, -0.25) is 4.57 Å². The summed E-state index contributed by atoms with van der Waals surface area (Å²) in [6, 6.07) is 8.36. The van der Waals surface area contributed by atoms with Gasteiger partial charge < -0.3 is 5.73 Å². The molecule has 0 spiro atoms. The Bertz CT molecular complexity index is 456. The van der Waals surface area contributed by atoms with E-state index in [0.29, 0.717) is 0 Å². The third-order valence-corrected chi connectivity index (χ3v) is 2.44. The summed E-state index contributed by atoms with van der Waals surface area (Å²) in [4.78, 5) is 0. The van der Waals surface area contributed by atoms with E-state index in [0.717, 1.165) is 17.9 Å². The lowest BCUT2D eigenvalue weighted by molar-refractivity contribution is 0.688. The van der Waals surface area contributed by atoms with Crippen molar-refractivity contribution in [2.45, 2.75) is 26.3 Å². The van der Waals surface area contributed by atoms with Crippen molar-refractivity contribution < 1.29 is 0 Å². The van der Waals surface area contributed by atoms with E-state index in [9.17, 15) is 0 Å². The molecule has 0 bridgehead atoms. The van der Waals surface area contributed by atoms with Crippen LogP contribution in [0.25, 0.3) is 5.69 Å². The summed E-state index contributed by atoms with van der Waals surface area (Å²) in [6.45, 7) is 4.03. The molecule has 1 atom stereocenters. The molecule has 0 aliphatic carbocycles. The second kappa shape index (κ2) is 4.45. The normalized spacial score (nSPS) is 12.7. The first-order valence-electron chi connectivity index (χ1n) is 5.38. The zero-order chi connectivity index (χ0) is 11.5. The highest BCUT2D eigenvalue weighted by Crippen LogP contribution is 2.11. The molecule has 0 saturated carbocycles. The Labute approximate surface area is 95.1 Å². The third kappa shape index (κ3) is 2.28. The van der Waals surface area contributed by atoms with Crippen LogP contribution in [-0.2, 0) is 6.42 Å². The van der Waals surface area contributed by atoms with Gasteiger partial charge in [-0.05, 0) is 26.0 Å². The van der Waals surface area contributed by atoms with Gasteiger partial charge in [0, 0.05) is 18.2 Å². The van der Waals surface area contributed by atoms with Crippen molar-refractivity contribution in [2.75, 3.05) is 0 Å². The molecule has 1 heterocycles. The quantitative estimate of drug-likeness (QED) is 0.845. The Morgan fingerprint density at radius 2 is 2.00 bits per heavy atom. The van der Waals surface area contributed by atoms with E-state index in [1.54, 1.807) is 6.33 Å². The smallest absolute Gasteiger partial charge is 0.138 e. The summed E-state index contributed by atoms with van der Waals surface area (Å²) in [5, 5.41) is 8.02. The highest BCUT2D eigenvalue weighted by atomic mass is 15.3. The lowest BCUT2D eigenvalue weighted by atomic mass is 10.2. The zero-order valence-corrected chi connectivity index (χ0v) is 9.59. The minimum atomic E-state index is 0.0911. The first kappa shape index (κ1) is 10.8. The van der Waals surface area contributed by atoms with Crippen molar-refractivity contribution in [1.82, 2.24) is 14.8 Å². The summed E-state index contributed by atoms with van der Waals surface area (Å²) in [7, 11) is 0. The monoisotopic (exact) mass is 216 g/mol. The first-order valence-corrected chi connectivity index (χ1v) is 5.38. The van der Waals surface area contributed by atoms with Crippen molar-refractivity contribution in [3.05, 3.63) is 42.0 Å². The van der Waals surface area contributed by atoms with Gasteiger partial charge in [0.25, 0.3) is 0 Å². The second-order valence-electron chi connectivity index (χ2n) is 4.13. The highest BCUT2D eigenvalue weighted by molar-refractivity contribution is 5.35. The van der Waals surface area contributed by atoms with Crippen LogP contribution in [0.1, 0.15) is 18.3 Å². The van der Waals surface area contributed by atoms with Crippen LogP contribution in [0.2, 0.25) is 0 Å². The molecular formula is C12H16N4. The van der Waals surface area contributed by atoms with Gasteiger partial charge in [-0.2, -0.15) is 0 Å². The van der Waals surface area contributed by atoms with Crippen LogP contribution in [0.5, 0.6) is 0 Å². The van der Waals surface area contributed by atoms with Gasteiger partial charge in [0.1, 0.15) is 12.2 Å². The Balaban J connectivity index is 2.33. The second-order valence-corrected chi connectivity index (χ2v) is 4.13. The van der Waals surface area contributed by atoms with Crippen LogP contribution < -0.4 is 5.73 Å². The molecule has 2 aromatic rings. The minimum absolute atomic E-state index is 0.0911. The van der Waals surface area contributed by atoms with Gasteiger partial charge in [-0.15, -0.1) is 10.2 Å². The van der Waals surface area contributed by atoms with Crippen molar-refractivity contribution >= 4 is 0 Å². The fourth-order valence-corrected chi connectivity index (χ4v) is 1.61. The molecule has 16 heavy (non-hydrogen) atoms. The maximum Gasteiger partial charge on any atom is 0.138 e. The molecule has 2 N–H and O–H groups in total. The molecule has 1 aromatic carbocycles. The molecular weight excluding hydrogens is 200 g/mol. The van der Waals surface area contributed by atoms with E-state index in [1.165, 1.54) is 5.56 Å². The average Bonchev–Trinajstić information content (AvgIpc) is 2.66. The average molecular weight is 216 g/mol. The number of nitrogens with two attached hydrogens (primary N) is 1. The molecule has 0 saturated heterocycles. The Morgan fingerprint density at radius 3 is 2.62 bits per heavy atom. The highest BCUT2D eigenvalue weighted by Gasteiger charge is 2.07. The molecule has 0 aliphatic heterocycles. The Hall–Kier alpha value is -1.68. The van der Waals surface area contributed by atoms with Crippen molar-refractivity contribution in [2.24, 2.45) is 5.73 Å². The standard InChI is InChI=1S/C12H16N4/c1-9-3-5-11(6-4-9)16-8-14-15-12(16)7-10(2)13/h3-6,8,10H,7,13H2,1-2H3. The summed E-state index contributed by atoms with van der Waals surface area (Å²) in [5.41, 5.74) is 8.09. The lowest BCUT2D eigenvalue weighted by Crippen LogP contribution is -2.20. The van der Waals surface area contributed by atoms with Crippen LogP contribution in [0, 0.1) is 6.92 Å². The molecule has 2 rings (SSSR count). The van der Waals surface area contributed by atoms with E-state index in [-0.39, 0.29) is 6.04 Å². The summed E-state index contributed by atoms with van der Waals surface area (Å²) in [5.74, 6) is 0.902. The number of benzene rings is 1. The van der Waals surface area contributed by atoms with E-state index < -0.39 is 0 Å². The molecule has 4 heteroatoms. The predicted octanol–water partition coefficient (Wildman–Crippen LogP) is 1.47. The largest absolute Gasteiger partial charge is 0.328 e. The summed E-state index contributed by atoms with van der Waals surface area (Å²) >= 11 is 0. The SMILES string of the molecule is Cc1ccc(-n2cnnc2CC(C)N)cc1. The van der Waals surface area contributed by atoms with Crippen LogP contribution in [0.4, 0.5) is 0 Å². The first-order chi connectivity index (χ1) is 7.66. The molecule has 4 nitrogen and oxygen atoms in total. The van der Waals surface area contributed by atoms with Crippen molar-refractivity contribution in [3.63, 3.8) is 0 Å². The minimum Gasteiger partial charge on any atom is -0.328 e. The fraction of sp³-hybridized carbons (Fsp3) is 0.333. The van der Waals surface area contributed by atoms with Gasteiger partial charge in [0.05, 0.1) is 0 Å². The van der Waals surface area contributed by atoms with E-state index >= 15 is 0 Å². The molecule has 84 valence electrons. The van der Waals surface area contributed by atoms with Gasteiger partial charge in [-0.25, -0.2) is 0 Å². The Kier molecular flexibility index (Phi) is 3.01. The summed E-state index contributed by atoms with van der Waals surface area (Å²) in [6.07, 6.45) is 2.45. The molecule has 1 aromatic heterocycles. The number of aromatic nitrogens is 3. The van der Waals surface area contributed by atoms with Crippen molar-refractivity contribution in [3.8, 4) is 5.69 Å². The predicted molar refractivity (Wildman–Crippen MR) is 63.4 cm³/mol. The molecule has 0 radical (unpaired) electrons. The Morgan fingerprint density at radius 1 is 1.31 bits per heavy atom. The molecule has 0 fully saturated rings. The van der Waals surface area contributed by atoms with Crippen molar-refractivity contribution in [1.29, 1.82) is 0 Å². The van der Waals surface area contributed by atoms with Gasteiger partial charge in [-0.1, -0.05) is 17.7 Å². The maximum absolute atomic E-state index is 5.77. The number of hydrogen-bond donors (Lipinski definition) is 1. The number of rotatable bonds is 3. The lowest BCUT2D eigenvalue weighted by Gasteiger charge is -2.08. The number of hydrogen-bond acceptors (Lipinski definition) is 3. The number of nitrogens with zero attached hydrogens (tertiary/aromatic N) is 3. The third-order valence-electron chi connectivity index (χ3n) is 2.44. The summed E-state index contributed by atoms with van der Waals surface area (Å²) < 4.78 is 1.98. The molecule has 0 amide bonds. The zero-order valence-electron chi connectivity index (χ0n) is 9.59.